The number of nitrogens with zero attached hydrogens (tertiary/aromatic N) is 2. The Hall–Kier alpha value is -2.87. The molecule has 0 spiro atoms. The van der Waals surface area contributed by atoms with Crippen LogP contribution in [0.4, 0.5) is 6.01 Å². The van der Waals surface area contributed by atoms with Gasteiger partial charge in [0, 0.05) is 10.0 Å². The van der Waals surface area contributed by atoms with Crippen molar-refractivity contribution in [1.82, 2.24) is 10.2 Å². The van der Waals surface area contributed by atoms with Crippen molar-refractivity contribution >= 4 is 27.9 Å². The van der Waals surface area contributed by atoms with Gasteiger partial charge >= 0.3 is 6.01 Å². The highest BCUT2D eigenvalue weighted by Gasteiger charge is 2.13. The molecule has 0 fully saturated rings. The van der Waals surface area contributed by atoms with E-state index in [1.165, 1.54) is 0 Å². The number of anilines is 1. The van der Waals surface area contributed by atoms with Gasteiger partial charge in [0.2, 0.25) is 11.8 Å². The van der Waals surface area contributed by atoms with Crippen LogP contribution >= 0.6 is 15.9 Å². The Morgan fingerprint density at radius 2 is 1.92 bits per heavy atom. The lowest BCUT2D eigenvalue weighted by Crippen LogP contribution is -2.14. The van der Waals surface area contributed by atoms with Crippen molar-refractivity contribution in [2.24, 2.45) is 0 Å². The SMILES string of the molecule is COc1ccc(CC(=O)Nc2nnc(-c3cccc(Br)c3)o2)cc1OC. The van der Waals surface area contributed by atoms with E-state index in [0.29, 0.717) is 17.4 Å². The van der Waals surface area contributed by atoms with Crippen molar-refractivity contribution in [3.05, 3.63) is 52.5 Å². The minimum Gasteiger partial charge on any atom is -0.493 e. The number of ether oxygens (including phenoxy) is 2. The lowest BCUT2D eigenvalue weighted by Gasteiger charge is -2.09. The van der Waals surface area contributed by atoms with Crippen LogP contribution in [0.1, 0.15) is 5.56 Å². The van der Waals surface area contributed by atoms with Crippen LogP contribution in [0.15, 0.2) is 51.4 Å². The number of carbonyl (C=O) groups excluding carboxylic acids is 1. The van der Waals surface area contributed by atoms with Gasteiger partial charge in [-0.25, -0.2) is 0 Å². The van der Waals surface area contributed by atoms with Gasteiger partial charge in [0.05, 0.1) is 20.6 Å². The van der Waals surface area contributed by atoms with Crippen molar-refractivity contribution < 1.29 is 18.7 Å². The maximum absolute atomic E-state index is 12.2. The Kier molecular flexibility index (Phi) is 5.52. The molecular formula is C18H16BrN3O4. The first kappa shape index (κ1) is 17.9. The normalized spacial score (nSPS) is 10.4. The number of hydrogen-bond acceptors (Lipinski definition) is 6. The Labute approximate surface area is 158 Å². The Balaban J connectivity index is 1.67. The Bertz CT molecular complexity index is 926. The quantitative estimate of drug-likeness (QED) is 0.657. The molecule has 3 rings (SSSR count). The summed E-state index contributed by atoms with van der Waals surface area (Å²) >= 11 is 3.39. The van der Waals surface area contributed by atoms with Gasteiger partial charge in [0.15, 0.2) is 11.5 Å². The molecule has 0 saturated heterocycles. The van der Waals surface area contributed by atoms with Gasteiger partial charge in [0.1, 0.15) is 0 Å². The van der Waals surface area contributed by atoms with Crippen LogP contribution in [-0.4, -0.2) is 30.3 Å². The molecular weight excluding hydrogens is 402 g/mol. The lowest BCUT2D eigenvalue weighted by atomic mass is 10.1. The molecule has 134 valence electrons. The van der Waals surface area contributed by atoms with Gasteiger partial charge in [-0.3, -0.25) is 10.1 Å². The predicted octanol–water partition coefficient (Wildman–Crippen LogP) is 3.70. The number of carbonyl (C=O) groups is 1. The number of aromatic nitrogens is 2. The largest absolute Gasteiger partial charge is 0.493 e. The zero-order valence-electron chi connectivity index (χ0n) is 14.2. The van der Waals surface area contributed by atoms with E-state index in [1.807, 2.05) is 24.3 Å². The maximum Gasteiger partial charge on any atom is 0.322 e. The summed E-state index contributed by atoms with van der Waals surface area (Å²) in [6.45, 7) is 0. The predicted molar refractivity (Wildman–Crippen MR) is 99.3 cm³/mol. The van der Waals surface area contributed by atoms with E-state index in [2.05, 4.69) is 31.4 Å². The summed E-state index contributed by atoms with van der Waals surface area (Å²) in [4.78, 5) is 12.2. The molecule has 1 aromatic heterocycles. The third kappa shape index (κ3) is 4.20. The number of halogens is 1. The number of benzene rings is 2. The Morgan fingerprint density at radius 3 is 2.65 bits per heavy atom. The molecule has 1 N–H and O–H groups in total. The second-order valence-corrected chi connectivity index (χ2v) is 6.25. The summed E-state index contributed by atoms with van der Waals surface area (Å²) in [5, 5.41) is 10.4. The number of hydrogen-bond donors (Lipinski definition) is 1. The van der Waals surface area contributed by atoms with E-state index in [9.17, 15) is 4.79 Å². The van der Waals surface area contributed by atoms with Crippen LogP contribution in [0.25, 0.3) is 11.5 Å². The lowest BCUT2D eigenvalue weighted by molar-refractivity contribution is -0.115. The molecule has 26 heavy (non-hydrogen) atoms. The van der Waals surface area contributed by atoms with E-state index >= 15 is 0 Å². The van der Waals surface area contributed by atoms with Crippen LogP contribution < -0.4 is 14.8 Å². The summed E-state index contributed by atoms with van der Waals surface area (Å²) in [6, 6.07) is 12.8. The zero-order valence-corrected chi connectivity index (χ0v) is 15.7. The van der Waals surface area contributed by atoms with Crippen LogP contribution in [-0.2, 0) is 11.2 Å². The monoisotopic (exact) mass is 417 g/mol. The Morgan fingerprint density at radius 1 is 1.12 bits per heavy atom. The minimum atomic E-state index is -0.276. The summed E-state index contributed by atoms with van der Waals surface area (Å²) in [5.74, 6) is 1.22. The summed E-state index contributed by atoms with van der Waals surface area (Å²) < 4.78 is 16.8. The van der Waals surface area contributed by atoms with Gasteiger partial charge in [-0.2, -0.15) is 0 Å². The topological polar surface area (TPSA) is 86.5 Å². The number of methoxy groups -OCH3 is 2. The van der Waals surface area contributed by atoms with E-state index in [1.54, 1.807) is 32.4 Å². The molecule has 0 aliphatic rings. The molecule has 0 bridgehead atoms. The highest BCUT2D eigenvalue weighted by molar-refractivity contribution is 9.10. The second-order valence-electron chi connectivity index (χ2n) is 5.34. The second kappa shape index (κ2) is 8.01. The van der Waals surface area contributed by atoms with Crippen molar-refractivity contribution in [2.45, 2.75) is 6.42 Å². The zero-order chi connectivity index (χ0) is 18.5. The average Bonchev–Trinajstić information content (AvgIpc) is 3.10. The minimum absolute atomic E-state index is 0.0467. The van der Waals surface area contributed by atoms with Gasteiger partial charge in [-0.15, -0.1) is 5.10 Å². The van der Waals surface area contributed by atoms with Crippen molar-refractivity contribution in [3.8, 4) is 23.0 Å². The highest BCUT2D eigenvalue weighted by Crippen LogP contribution is 2.28. The maximum atomic E-state index is 12.2. The van der Waals surface area contributed by atoms with Gasteiger partial charge in [-0.05, 0) is 35.9 Å². The van der Waals surface area contributed by atoms with E-state index in [-0.39, 0.29) is 18.3 Å². The number of nitrogens with one attached hydrogen (secondary N) is 1. The van der Waals surface area contributed by atoms with E-state index in [4.69, 9.17) is 13.9 Å². The van der Waals surface area contributed by atoms with Crippen molar-refractivity contribution in [1.29, 1.82) is 0 Å². The molecule has 7 nitrogen and oxygen atoms in total. The average molecular weight is 418 g/mol. The molecule has 0 aliphatic heterocycles. The first-order valence-electron chi connectivity index (χ1n) is 7.69. The van der Waals surface area contributed by atoms with Gasteiger partial charge < -0.3 is 13.9 Å². The molecule has 0 atom stereocenters. The first-order valence-corrected chi connectivity index (χ1v) is 8.48. The molecule has 2 aromatic carbocycles. The van der Waals surface area contributed by atoms with Crippen molar-refractivity contribution in [3.63, 3.8) is 0 Å². The molecule has 0 unspecified atom stereocenters. The summed E-state index contributed by atoms with van der Waals surface area (Å²) in [7, 11) is 3.10. The molecule has 0 saturated carbocycles. The third-order valence-corrected chi connectivity index (χ3v) is 4.05. The fourth-order valence-corrected chi connectivity index (χ4v) is 2.75. The van der Waals surface area contributed by atoms with Crippen molar-refractivity contribution in [2.75, 3.05) is 19.5 Å². The number of rotatable bonds is 6. The molecule has 0 aliphatic carbocycles. The third-order valence-electron chi connectivity index (χ3n) is 3.56. The van der Waals surface area contributed by atoms with Crippen LogP contribution in [0.2, 0.25) is 0 Å². The number of amides is 1. The summed E-state index contributed by atoms with van der Waals surface area (Å²) in [6.07, 6.45) is 0.134. The van der Waals surface area contributed by atoms with E-state index in [0.717, 1.165) is 15.6 Å². The molecule has 1 amide bonds. The molecule has 1 heterocycles. The molecule has 3 aromatic rings. The fourth-order valence-electron chi connectivity index (χ4n) is 2.35. The van der Waals surface area contributed by atoms with Crippen LogP contribution in [0.3, 0.4) is 0 Å². The van der Waals surface area contributed by atoms with Gasteiger partial charge in [0.25, 0.3) is 0 Å². The smallest absolute Gasteiger partial charge is 0.322 e. The first-order chi connectivity index (χ1) is 12.6. The fraction of sp³-hybridized carbons (Fsp3) is 0.167. The van der Waals surface area contributed by atoms with Crippen LogP contribution in [0.5, 0.6) is 11.5 Å². The standard InChI is InChI=1S/C18H16BrN3O4/c1-24-14-7-6-11(8-15(14)25-2)9-16(23)20-18-22-21-17(26-18)12-4-3-5-13(19)10-12/h3-8,10H,9H2,1-2H3,(H,20,22,23). The van der Waals surface area contributed by atoms with E-state index < -0.39 is 0 Å². The summed E-state index contributed by atoms with van der Waals surface area (Å²) in [5.41, 5.74) is 1.53. The van der Waals surface area contributed by atoms with Gasteiger partial charge in [-0.1, -0.05) is 33.2 Å². The molecule has 0 radical (unpaired) electrons. The van der Waals surface area contributed by atoms with Crippen LogP contribution in [0, 0.1) is 0 Å². The molecule has 8 heteroatoms. The highest BCUT2D eigenvalue weighted by atomic mass is 79.9.